The molecule has 8 heteroatoms. The monoisotopic (exact) mass is 329 g/mol. The number of hydrogen-bond acceptors (Lipinski definition) is 5. The molecule has 0 atom stereocenters. The minimum Gasteiger partial charge on any atom is -0.360 e. The third-order valence-electron chi connectivity index (χ3n) is 4.21. The Morgan fingerprint density at radius 3 is 2.67 bits per heavy atom. The summed E-state index contributed by atoms with van der Waals surface area (Å²) in [5, 5.41) is 11.9. The van der Waals surface area contributed by atoms with Crippen molar-refractivity contribution in [2.24, 2.45) is 0 Å². The van der Waals surface area contributed by atoms with Crippen molar-refractivity contribution < 1.29 is 8.91 Å². The summed E-state index contributed by atoms with van der Waals surface area (Å²) in [4.78, 5) is 12.5. The highest BCUT2D eigenvalue weighted by Gasteiger charge is 2.31. The fourth-order valence-corrected chi connectivity index (χ4v) is 2.79. The van der Waals surface area contributed by atoms with Crippen LogP contribution in [0.1, 0.15) is 42.7 Å². The molecule has 1 aliphatic rings. The van der Waals surface area contributed by atoms with Gasteiger partial charge in [0.2, 0.25) is 0 Å². The van der Waals surface area contributed by atoms with E-state index in [4.69, 9.17) is 4.52 Å². The Hall–Kier alpha value is -2.77. The van der Waals surface area contributed by atoms with Gasteiger partial charge in [-0.2, -0.15) is 9.36 Å². The molecule has 0 N–H and O–H groups in total. The zero-order valence-electron chi connectivity index (χ0n) is 13.1. The van der Waals surface area contributed by atoms with Crippen LogP contribution in [0.5, 0.6) is 0 Å². The fraction of sp³-hybridized carbons (Fsp3) is 0.375. The van der Waals surface area contributed by atoms with Gasteiger partial charge in [-0.05, 0) is 54.0 Å². The van der Waals surface area contributed by atoms with E-state index in [-0.39, 0.29) is 12.4 Å². The van der Waals surface area contributed by atoms with E-state index in [0.717, 1.165) is 35.3 Å². The van der Waals surface area contributed by atoms with Crippen LogP contribution in [-0.2, 0) is 13.0 Å². The summed E-state index contributed by atoms with van der Waals surface area (Å²) < 4.78 is 20.8. The summed E-state index contributed by atoms with van der Waals surface area (Å²) in [7, 11) is 0. The van der Waals surface area contributed by atoms with Crippen molar-refractivity contribution in [3.05, 3.63) is 57.6 Å². The zero-order valence-corrected chi connectivity index (χ0v) is 13.1. The summed E-state index contributed by atoms with van der Waals surface area (Å²) in [5.74, 6) is 1.03. The van der Waals surface area contributed by atoms with Crippen LogP contribution in [-0.4, -0.2) is 24.9 Å². The van der Waals surface area contributed by atoms with E-state index in [1.54, 1.807) is 0 Å². The Bertz CT molecular complexity index is 921. The largest absolute Gasteiger partial charge is 0.368 e. The predicted octanol–water partition coefficient (Wildman–Crippen LogP) is 2.04. The highest BCUT2D eigenvalue weighted by atomic mass is 19.1. The molecule has 0 aliphatic heterocycles. The lowest BCUT2D eigenvalue weighted by Crippen LogP contribution is -2.25. The molecule has 0 bridgehead atoms. The van der Waals surface area contributed by atoms with E-state index in [1.165, 1.54) is 28.9 Å². The Morgan fingerprint density at radius 2 is 2.00 bits per heavy atom. The standard InChI is InChI=1S/C16H16FN5O2/c1-2-13-14(18-24-15(13)10-3-4-10)9-21-16(23)22(20-19-21)12-7-5-11(17)6-8-12/h5-8,10H,2-4,9H2,1H3. The number of nitrogens with zero attached hydrogens (tertiary/aromatic N) is 5. The lowest BCUT2D eigenvalue weighted by atomic mass is 10.1. The Morgan fingerprint density at radius 1 is 1.25 bits per heavy atom. The highest BCUT2D eigenvalue weighted by molar-refractivity contribution is 5.30. The maximum absolute atomic E-state index is 13.0. The molecule has 7 nitrogen and oxygen atoms in total. The first kappa shape index (κ1) is 14.8. The summed E-state index contributed by atoms with van der Waals surface area (Å²) >= 11 is 0. The van der Waals surface area contributed by atoms with E-state index in [2.05, 4.69) is 15.6 Å². The van der Waals surface area contributed by atoms with Crippen molar-refractivity contribution in [2.45, 2.75) is 38.6 Å². The van der Waals surface area contributed by atoms with Gasteiger partial charge in [0.1, 0.15) is 17.3 Å². The first-order valence-corrected chi connectivity index (χ1v) is 7.93. The van der Waals surface area contributed by atoms with Crippen molar-refractivity contribution in [2.75, 3.05) is 0 Å². The summed E-state index contributed by atoms with van der Waals surface area (Å²) in [5.41, 5.74) is 1.83. The van der Waals surface area contributed by atoms with E-state index < -0.39 is 5.69 Å². The van der Waals surface area contributed by atoms with Crippen LogP contribution >= 0.6 is 0 Å². The van der Waals surface area contributed by atoms with Crippen LogP contribution in [0.25, 0.3) is 5.69 Å². The van der Waals surface area contributed by atoms with Crippen molar-refractivity contribution in [1.82, 2.24) is 24.9 Å². The maximum atomic E-state index is 13.0. The van der Waals surface area contributed by atoms with Gasteiger partial charge in [0.15, 0.2) is 0 Å². The van der Waals surface area contributed by atoms with Crippen molar-refractivity contribution in [1.29, 1.82) is 0 Å². The Labute approximate surface area is 136 Å². The third kappa shape index (κ3) is 2.53. The van der Waals surface area contributed by atoms with Crippen LogP contribution in [0.4, 0.5) is 4.39 Å². The molecule has 1 aromatic carbocycles. The van der Waals surface area contributed by atoms with Crippen LogP contribution in [0.15, 0.2) is 33.6 Å². The number of aromatic nitrogens is 5. The lowest BCUT2D eigenvalue weighted by Gasteiger charge is -2.00. The Balaban J connectivity index is 1.64. The van der Waals surface area contributed by atoms with Crippen LogP contribution in [0.3, 0.4) is 0 Å². The van der Waals surface area contributed by atoms with E-state index >= 15 is 0 Å². The van der Waals surface area contributed by atoms with Crippen LogP contribution in [0, 0.1) is 5.82 Å². The smallest absolute Gasteiger partial charge is 0.360 e. The molecule has 1 aliphatic carbocycles. The third-order valence-corrected chi connectivity index (χ3v) is 4.21. The number of hydrogen-bond donors (Lipinski definition) is 0. The number of tetrazole rings is 1. The van der Waals surface area contributed by atoms with Gasteiger partial charge in [0, 0.05) is 11.5 Å². The molecule has 2 aromatic heterocycles. The minimum absolute atomic E-state index is 0.208. The van der Waals surface area contributed by atoms with Gasteiger partial charge < -0.3 is 4.52 Å². The predicted molar refractivity (Wildman–Crippen MR) is 82.5 cm³/mol. The molecule has 124 valence electrons. The average molecular weight is 329 g/mol. The first-order valence-electron chi connectivity index (χ1n) is 7.93. The van der Waals surface area contributed by atoms with Gasteiger partial charge in [0.25, 0.3) is 0 Å². The lowest BCUT2D eigenvalue weighted by molar-refractivity contribution is 0.374. The van der Waals surface area contributed by atoms with Crippen molar-refractivity contribution in [3.8, 4) is 5.69 Å². The molecule has 0 amide bonds. The zero-order chi connectivity index (χ0) is 16.7. The SMILES string of the molecule is CCc1c(Cn2nnn(-c3ccc(F)cc3)c2=O)noc1C1CC1. The number of benzene rings is 1. The minimum atomic E-state index is -0.403. The molecule has 1 fully saturated rings. The number of rotatable bonds is 5. The topological polar surface area (TPSA) is 78.7 Å². The van der Waals surface area contributed by atoms with Gasteiger partial charge in [-0.25, -0.2) is 9.18 Å². The second kappa shape index (κ2) is 5.70. The van der Waals surface area contributed by atoms with Crippen molar-refractivity contribution >= 4 is 0 Å². The van der Waals surface area contributed by atoms with Gasteiger partial charge in [-0.1, -0.05) is 12.1 Å². The fourth-order valence-electron chi connectivity index (χ4n) is 2.79. The molecular formula is C16H16FN5O2. The molecule has 4 rings (SSSR count). The highest BCUT2D eigenvalue weighted by Crippen LogP contribution is 2.42. The van der Waals surface area contributed by atoms with Gasteiger partial charge >= 0.3 is 5.69 Å². The summed E-state index contributed by atoms with van der Waals surface area (Å²) in [6.45, 7) is 2.25. The molecule has 0 unspecified atom stereocenters. The summed E-state index contributed by atoms with van der Waals surface area (Å²) in [6.07, 6.45) is 3.05. The molecule has 0 radical (unpaired) electrons. The molecular weight excluding hydrogens is 313 g/mol. The maximum Gasteiger partial charge on any atom is 0.368 e. The molecule has 24 heavy (non-hydrogen) atoms. The normalized spacial score (nSPS) is 14.2. The molecule has 0 spiro atoms. The van der Waals surface area contributed by atoms with Crippen LogP contribution in [0.2, 0.25) is 0 Å². The van der Waals surface area contributed by atoms with E-state index in [9.17, 15) is 9.18 Å². The van der Waals surface area contributed by atoms with Gasteiger partial charge in [-0.15, -0.1) is 0 Å². The van der Waals surface area contributed by atoms with E-state index in [0.29, 0.717) is 17.3 Å². The first-order chi connectivity index (χ1) is 11.7. The average Bonchev–Trinajstić information content (AvgIpc) is 3.26. The second-order valence-corrected chi connectivity index (χ2v) is 5.91. The second-order valence-electron chi connectivity index (χ2n) is 5.91. The molecule has 2 heterocycles. The van der Waals surface area contributed by atoms with Gasteiger partial charge in [-0.3, -0.25) is 0 Å². The van der Waals surface area contributed by atoms with Crippen molar-refractivity contribution in [3.63, 3.8) is 0 Å². The number of halogens is 1. The van der Waals surface area contributed by atoms with E-state index in [1.807, 2.05) is 6.92 Å². The molecule has 1 saturated carbocycles. The van der Waals surface area contributed by atoms with Gasteiger partial charge in [0.05, 0.1) is 12.2 Å². The molecule has 0 saturated heterocycles. The quantitative estimate of drug-likeness (QED) is 0.716. The molecule has 3 aromatic rings. The van der Waals surface area contributed by atoms with Crippen LogP contribution < -0.4 is 5.69 Å². The Kier molecular flexibility index (Phi) is 3.51. The summed E-state index contributed by atoms with van der Waals surface area (Å²) in [6, 6.07) is 5.51.